The SMILES string of the molecule is Cc1ccc(C2CCCc3cc(F)cc(F)c32)c2c1C(O)C(F)(F)C2. The van der Waals surface area contributed by atoms with Crippen molar-refractivity contribution in [1.82, 2.24) is 0 Å². The number of halogens is 4. The van der Waals surface area contributed by atoms with Gasteiger partial charge in [0.2, 0.25) is 0 Å². The molecule has 132 valence electrons. The molecule has 2 atom stereocenters. The van der Waals surface area contributed by atoms with Crippen LogP contribution in [0, 0.1) is 18.6 Å². The lowest BCUT2D eigenvalue weighted by Crippen LogP contribution is -2.22. The van der Waals surface area contributed by atoms with E-state index in [1.807, 2.05) is 0 Å². The lowest BCUT2D eigenvalue weighted by Gasteiger charge is -2.28. The molecule has 5 heteroatoms. The Bertz CT molecular complexity index is 859. The Hall–Kier alpha value is -1.88. The van der Waals surface area contributed by atoms with Gasteiger partial charge in [0.25, 0.3) is 5.92 Å². The first-order valence-corrected chi connectivity index (χ1v) is 8.45. The average molecular weight is 350 g/mol. The molecule has 0 bridgehead atoms. The van der Waals surface area contributed by atoms with E-state index >= 15 is 0 Å². The maximum atomic E-state index is 14.5. The van der Waals surface area contributed by atoms with Crippen LogP contribution in [0.25, 0.3) is 0 Å². The van der Waals surface area contributed by atoms with Gasteiger partial charge in [0.15, 0.2) is 0 Å². The fourth-order valence-electron chi connectivity index (χ4n) is 4.43. The van der Waals surface area contributed by atoms with Gasteiger partial charge in [-0.25, -0.2) is 17.6 Å². The van der Waals surface area contributed by atoms with Gasteiger partial charge in [-0.1, -0.05) is 12.1 Å². The molecule has 0 radical (unpaired) electrons. The summed E-state index contributed by atoms with van der Waals surface area (Å²) in [7, 11) is 0. The number of aliphatic hydroxyl groups excluding tert-OH is 1. The van der Waals surface area contributed by atoms with Crippen molar-refractivity contribution in [2.24, 2.45) is 0 Å². The third kappa shape index (κ3) is 2.48. The Kier molecular flexibility index (Phi) is 3.69. The third-order valence-corrected chi connectivity index (χ3v) is 5.54. The van der Waals surface area contributed by atoms with E-state index in [1.165, 1.54) is 6.07 Å². The molecule has 0 fully saturated rings. The van der Waals surface area contributed by atoms with E-state index in [4.69, 9.17) is 0 Å². The van der Waals surface area contributed by atoms with Crippen LogP contribution in [-0.4, -0.2) is 11.0 Å². The fraction of sp³-hybridized carbons (Fsp3) is 0.400. The molecule has 2 aliphatic carbocycles. The van der Waals surface area contributed by atoms with Gasteiger partial charge in [0, 0.05) is 18.4 Å². The summed E-state index contributed by atoms with van der Waals surface area (Å²) in [5, 5.41) is 10.0. The highest BCUT2D eigenvalue weighted by Gasteiger charge is 2.49. The van der Waals surface area contributed by atoms with Crippen LogP contribution in [-0.2, 0) is 12.8 Å². The van der Waals surface area contributed by atoms with E-state index in [0.717, 1.165) is 12.5 Å². The van der Waals surface area contributed by atoms with E-state index in [2.05, 4.69) is 0 Å². The third-order valence-electron chi connectivity index (χ3n) is 5.54. The molecule has 2 aliphatic rings. The van der Waals surface area contributed by atoms with Crippen LogP contribution >= 0.6 is 0 Å². The molecule has 2 unspecified atom stereocenters. The lowest BCUT2D eigenvalue weighted by molar-refractivity contribution is -0.0970. The molecule has 2 aromatic carbocycles. The van der Waals surface area contributed by atoms with Crippen molar-refractivity contribution >= 4 is 0 Å². The van der Waals surface area contributed by atoms with Crippen molar-refractivity contribution in [3.05, 3.63) is 69.3 Å². The molecule has 2 aromatic rings. The Balaban J connectivity index is 1.90. The quantitative estimate of drug-likeness (QED) is 0.720. The highest BCUT2D eigenvalue weighted by Crippen LogP contribution is 2.49. The summed E-state index contributed by atoms with van der Waals surface area (Å²) in [5.41, 5.74) is 2.93. The van der Waals surface area contributed by atoms with Gasteiger partial charge in [-0.15, -0.1) is 0 Å². The maximum absolute atomic E-state index is 14.5. The first-order chi connectivity index (χ1) is 11.8. The van der Waals surface area contributed by atoms with Crippen LogP contribution < -0.4 is 0 Å². The Labute approximate surface area is 143 Å². The van der Waals surface area contributed by atoms with Crippen LogP contribution in [0.2, 0.25) is 0 Å². The standard InChI is InChI=1S/C20H18F4O/c1-10-5-6-13(15-9-20(23,24)19(25)17(10)15)14-4-2-3-11-7-12(21)8-16(22)18(11)14/h5-8,14,19,25H,2-4,9H2,1H3. The molecular formula is C20H18F4O. The molecule has 1 N–H and O–H groups in total. The van der Waals surface area contributed by atoms with Crippen molar-refractivity contribution in [2.45, 2.75) is 50.6 Å². The first kappa shape index (κ1) is 16.6. The highest BCUT2D eigenvalue weighted by atomic mass is 19.3. The molecule has 0 saturated heterocycles. The van der Waals surface area contributed by atoms with Gasteiger partial charge < -0.3 is 5.11 Å². The van der Waals surface area contributed by atoms with Crippen molar-refractivity contribution < 1.29 is 22.7 Å². The number of hydrogen-bond donors (Lipinski definition) is 1. The van der Waals surface area contributed by atoms with Gasteiger partial charge in [-0.2, -0.15) is 0 Å². The molecule has 0 aliphatic heterocycles. The second-order valence-electron chi connectivity index (χ2n) is 7.11. The Morgan fingerprint density at radius 3 is 2.64 bits per heavy atom. The van der Waals surface area contributed by atoms with Crippen LogP contribution in [0.5, 0.6) is 0 Å². The molecule has 25 heavy (non-hydrogen) atoms. The van der Waals surface area contributed by atoms with Gasteiger partial charge in [-0.3, -0.25) is 0 Å². The zero-order chi connectivity index (χ0) is 17.9. The minimum atomic E-state index is -3.22. The predicted molar refractivity (Wildman–Crippen MR) is 85.9 cm³/mol. The van der Waals surface area contributed by atoms with Gasteiger partial charge in [0.05, 0.1) is 0 Å². The van der Waals surface area contributed by atoms with Gasteiger partial charge >= 0.3 is 0 Å². The number of fused-ring (bicyclic) bond motifs is 2. The molecule has 0 heterocycles. The largest absolute Gasteiger partial charge is 0.382 e. The van der Waals surface area contributed by atoms with E-state index in [9.17, 15) is 22.7 Å². The highest BCUT2D eigenvalue weighted by molar-refractivity contribution is 5.52. The van der Waals surface area contributed by atoms with Crippen molar-refractivity contribution in [3.63, 3.8) is 0 Å². The molecule has 0 saturated carbocycles. The Morgan fingerprint density at radius 2 is 1.88 bits per heavy atom. The van der Waals surface area contributed by atoms with Crippen LogP contribution in [0.1, 0.15) is 58.2 Å². The number of aryl methyl sites for hydroxylation is 2. The summed E-state index contributed by atoms with van der Waals surface area (Å²) in [4.78, 5) is 0. The summed E-state index contributed by atoms with van der Waals surface area (Å²) in [6.45, 7) is 1.69. The van der Waals surface area contributed by atoms with Crippen LogP contribution in [0.3, 0.4) is 0 Å². The lowest BCUT2D eigenvalue weighted by atomic mass is 9.76. The van der Waals surface area contributed by atoms with Gasteiger partial charge in [-0.05, 0) is 65.6 Å². The normalized spacial score (nSPS) is 24.1. The second-order valence-corrected chi connectivity index (χ2v) is 7.11. The van der Waals surface area contributed by atoms with E-state index in [1.54, 1.807) is 19.1 Å². The zero-order valence-electron chi connectivity index (χ0n) is 13.8. The number of aliphatic hydroxyl groups is 1. The van der Waals surface area contributed by atoms with Crippen molar-refractivity contribution in [2.75, 3.05) is 0 Å². The second kappa shape index (κ2) is 5.56. The van der Waals surface area contributed by atoms with E-state index < -0.39 is 30.1 Å². The summed E-state index contributed by atoms with van der Waals surface area (Å²) >= 11 is 0. The van der Waals surface area contributed by atoms with Gasteiger partial charge in [0.1, 0.15) is 17.7 Å². The monoisotopic (exact) mass is 350 g/mol. The molecule has 1 nitrogen and oxygen atoms in total. The smallest absolute Gasteiger partial charge is 0.281 e. The molecule has 0 amide bonds. The number of benzene rings is 2. The summed E-state index contributed by atoms with van der Waals surface area (Å²) in [6.07, 6.45) is -0.444. The minimum Gasteiger partial charge on any atom is -0.382 e. The number of rotatable bonds is 1. The van der Waals surface area contributed by atoms with E-state index in [-0.39, 0.29) is 11.5 Å². The minimum absolute atomic E-state index is 0.261. The van der Waals surface area contributed by atoms with Crippen molar-refractivity contribution in [3.8, 4) is 0 Å². The number of alkyl halides is 2. The first-order valence-electron chi connectivity index (χ1n) is 8.45. The molecule has 0 spiro atoms. The predicted octanol–water partition coefficient (Wildman–Crippen LogP) is 4.97. The van der Waals surface area contributed by atoms with E-state index in [0.29, 0.717) is 40.7 Å². The fourth-order valence-corrected chi connectivity index (χ4v) is 4.43. The van der Waals surface area contributed by atoms with Crippen LogP contribution in [0.4, 0.5) is 17.6 Å². The maximum Gasteiger partial charge on any atom is 0.281 e. The summed E-state index contributed by atoms with van der Waals surface area (Å²) < 4.78 is 56.3. The molecular weight excluding hydrogens is 332 g/mol. The summed E-state index contributed by atoms with van der Waals surface area (Å²) in [5.74, 6) is -4.85. The summed E-state index contributed by atoms with van der Waals surface area (Å²) in [6, 6.07) is 5.65. The Morgan fingerprint density at radius 1 is 1.12 bits per heavy atom. The molecule has 0 aromatic heterocycles. The zero-order valence-corrected chi connectivity index (χ0v) is 13.8. The molecule has 4 rings (SSSR count). The topological polar surface area (TPSA) is 20.2 Å². The van der Waals surface area contributed by atoms with Crippen LogP contribution in [0.15, 0.2) is 24.3 Å². The average Bonchev–Trinajstić information content (AvgIpc) is 2.77. The number of hydrogen-bond acceptors (Lipinski definition) is 1. The van der Waals surface area contributed by atoms with Crippen molar-refractivity contribution in [1.29, 1.82) is 0 Å².